The Kier molecular flexibility index (Phi) is 7.03. The average molecular weight is 469 g/mol. The molecule has 9 heteroatoms. The number of nitrogens with two attached hydrogens (primary N) is 1. The number of primary amides is 1. The number of carbonyl (C=O) groups is 2. The topological polar surface area (TPSA) is 72.6 Å². The van der Waals surface area contributed by atoms with Gasteiger partial charge in [-0.15, -0.1) is 0 Å². The first-order valence-corrected chi connectivity index (χ1v) is 10.5. The predicted molar refractivity (Wildman–Crippen MR) is 115 cm³/mol. The molecule has 0 aromatic heterocycles. The van der Waals surface area contributed by atoms with Gasteiger partial charge in [0.15, 0.2) is 0 Å². The van der Waals surface area contributed by atoms with Crippen LogP contribution < -0.4 is 10.5 Å². The highest BCUT2D eigenvalue weighted by molar-refractivity contribution is 6.31. The Morgan fingerprint density at radius 1 is 1.19 bits per heavy atom. The Morgan fingerprint density at radius 2 is 1.88 bits per heavy atom. The summed E-state index contributed by atoms with van der Waals surface area (Å²) in [6.45, 7) is 2.65. The van der Waals surface area contributed by atoms with E-state index in [0.717, 1.165) is 17.7 Å². The number of halogens is 4. The van der Waals surface area contributed by atoms with E-state index in [1.807, 2.05) is 6.92 Å². The SMILES string of the molecule is Cc1cc(OCC2(CC(N)=O)CCCN(C(=O)c3ccc(C(F)(F)F)cc3)C2)ccc1Cl. The highest BCUT2D eigenvalue weighted by atomic mass is 35.5. The van der Waals surface area contributed by atoms with Gasteiger partial charge in [-0.3, -0.25) is 9.59 Å². The van der Waals surface area contributed by atoms with Crippen LogP contribution in [0.2, 0.25) is 5.02 Å². The van der Waals surface area contributed by atoms with Crippen LogP contribution in [0, 0.1) is 12.3 Å². The number of hydrogen-bond acceptors (Lipinski definition) is 3. The van der Waals surface area contributed by atoms with Crippen molar-refractivity contribution in [3.05, 3.63) is 64.2 Å². The highest BCUT2D eigenvalue weighted by Gasteiger charge is 2.40. The molecular formula is C23H24ClF3N2O3. The van der Waals surface area contributed by atoms with Crippen molar-refractivity contribution in [3.63, 3.8) is 0 Å². The first kappa shape index (κ1) is 23.9. The van der Waals surface area contributed by atoms with Crippen LogP contribution >= 0.6 is 11.6 Å². The molecule has 2 N–H and O–H groups in total. The molecule has 32 heavy (non-hydrogen) atoms. The minimum absolute atomic E-state index is 0.0242. The second-order valence-corrected chi connectivity index (χ2v) is 8.66. The Morgan fingerprint density at radius 3 is 2.47 bits per heavy atom. The molecule has 0 spiro atoms. The summed E-state index contributed by atoms with van der Waals surface area (Å²) in [5.74, 6) is -0.318. The molecule has 5 nitrogen and oxygen atoms in total. The number of alkyl halides is 3. The molecule has 0 bridgehead atoms. The molecule has 1 heterocycles. The molecule has 0 aliphatic carbocycles. The van der Waals surface area contributed by atoms with E-state index in [0.29, 0.717) is 30.2 Å². The van der Waals surface area contributed by atoms with Crippen molar-refractivity contribution >= 4 is 23.4 Å². The molecule has 1 aliphatic rings. The molecular weight excluding hydrogens is 445 g/mol. The van der Waals surface area contributed by atoms with E-state index in [-0.39, 0.29) is 25.1 Å². The van der Waals surface area contributed by atoms with Crippen molar-refractivity contribution in [1.29, 1.82) is 0 Å². The van der Waals surface area contributed by atoms with E-state index in [2.05, 4.69) is 0 Å². The number of rotatable bonds is 6. The van der Waals surface area contributed by atoms with Crippen molar-refractivity contribution in [2.24, 2.45) is 11.1 Å². The summed E-state index contributed by atoms with van der Waals surface area (Å²) in [5, 5.41) is 0.607. The van der Waals surface area contributed by atoms with Crippen LogP contribution in [0.3, 0.4) is 0 Å². The van der Waals surface area contributed by atoms with Gasteiger partial charge in [-0.25, -0.2) is 0 Å². The van der Waals surface area contributed by atoms with Crippen molar-refractivity contribution in [2.75, 3.05) is 19.7 Å². The van der Waals surface area contributed by atoms with Crippen LogP contribution in [0.25, 0.3) is 0 Å². The quantitative estimate of drug-likeness (QED) is 0.659. The lowest BCUT2D eigenvalue weighted by molar-refractivity contribution is -0.137. The number of aryl methyl sites for hydroxylation is 1. The van der Waals surface area contributed by atoms with Gasteiger partial charge < -0.3 is 15.4 Å². The zero-order valence-electron chi connectivity index (χ0n) is 17.5. The molecule has 0 radical (unpaired) electrons. The van der Waals surface area contributed by atoms with Gasteiger partial charge in [0, 0.05) is 35.5 Å². The fourth-order valence-electron chi connectivity index (χ4n) is 3.99. The van der Waals surface area contributed by atoms with Crippen LogP contribution in [-0.2, 0) is 11.0 Å². The summed E-state index contributed by atoms with van der Waals surface area (Å²) in [7, 11) is 0. The number of likely N-dealkylation sites (tertiary alicyclic amines) is 1. The van der Waals surface area contributed by atoms with E-state index < -0.39 is 29.0 Å². The number of nitrogens with zero attached hydrogens (tertiary/aromatic N) is 1. The van der Waals surface area contributed by atoms with E-state index in [1.54, 1.807) is 23.1 Å². The zero-order chi connectivity index (χ0) is 23.5. The lowest BCUT2D eigenvalue weighted by Crippen LogP contribution is -2.50. The van der Waals surface area contributed by atoms with Gasteiger partial charge in [-0.05, 0) is 67.8 Å². The van der Waals surface area contributed by atoms with E-state index in [9.17, 15) is 22.8 Å². The molecule has 172 valence electrons. The van der Waals surface area contributed by atoms with E-state index in [4.69, 9.17) is 22.1 Å². The Labute approximate surface area is 189 Å². The number of benzene rings is 2. The third kappa shape index (κ3) is 5.73. The second-order valence-electron chi connectivity index (χ2n) is 8.25. The Hall–Kier alpha value is -2.74. The molecule has 1 atom stereocenters. The Balaban J connectivity index is 1.76. The standard InChI is InChI=1S/C23H24ClF3N2O3/c1-15-11-18(7-8-19(15)24)32-14-22(12-20(28)30)9-2-10-29(13-22)21(31)16-3-5-17(6-4-16)23(25,26)27/h3-8,11H,2,9-10,12-14H2,1H3,(H2,28,30). The summed E-state index contributed by atoms with van der Waals surface area (Å²) in [6.07, 6.45) is -3.21. The lowest BCUT2D eigenvalue weighted by Gasteiger charge is -2.42. The molecule has 3 rings (SSSR count). The molecule has 1 fully saturated rings. The number of amides is 2. The average Bonchev–Trinajstić information content (AvgIpc) is 2.73. The third-order valence-electron chi connectivity index (χ3n) is 5.63. The summed E-state index contributed by atoms with van der Waals surface area (Å²) in [6, 6.07) is 9.34. The van der Waals surface area contributed by atoms with Crippen LogP contribution in [-0.4, -0.2) is 36.4 Å². The number of ether oxygens (including phenoxy) is 1. The van der Waals surface area contributed by atoms with Gasteiger partial charge in [0.05, 0.1) is 12.2 Å². The molecule has 2 aromatic rings. The van der Waals surface area contributed by atoms with Crippen LogP contribution in [0.5, 0.6) is 5.75 Å². The van der Waals surface area contributed by atoms with Gasteiger partial charge in [0.2, 0.25) is 5.91 Å². The fourth-order valence-corrected chi connectivity index (χ4v) is 4.11. The van der Waals surface area contributed by atoms with Crippen LogP contribution in [0.1, 0.15) is 40.7 Å². The van der Waals surface area contributed by atoms with E-state index in [1.165, 1.54) is 12.1 Å². The summed E-state index contributed by atoms with van der Waals surface area (Å²) < 4.78 is 44.4. The monoisotopic (exact) mass is 468 g/mol. The smallest absolute Gasteiger partial charge is 0.416 e. The molecule has 0 saturated carbocycles. The summed E-state index contributed by atoms with van der Waals surface area (Å²) >= 11 is 6.05. The lowest BCUT2D eigenvalue weighted by atomic mass is 9.77. The molecule has 1 aliphatic heterocycles. The van der Waals surface area contributed by atoms with Crippen LogP contribution in [0.4, 0.5) is 13.2 Å². The Bertz CT molecular complexity index is 995. The number of piperidine rings is 1. The van der Waals surface area contributed by atoms with Gasteiger partial charge in [0.25, 0.3) is 5.91 Å². The largest absolute Gasteiger partial charge is 0.493 e. The van der Waals surface area contributed by atoms with Gasteiger partial charge >= 0.3 is 6.18 Å². The molecule has 2 amide bonds. The fraction of sp³-hybridized carbons (Fsp3) is 0.391. The van der Waals surface area contributed by atoms with Crippen molar-refractivity contribution < 1.29 is 27.5 Å². The maximum absolute atomic E-state index is 13.0. The third-order valence-corrected chi connectivity index (χ3v) is 6.06. The molecule has 1 saturated heterocycles. The highest BCUT2D eigenvalue weighted by Crippen LogP contribution is 2.36. The molecule has 1 unspecified atom stereocenters. The molecule has 2 aromatic carbocycles. The maximum atomic E-state index is 13.0. The van der Waals surface area contributed by atoms with Crippen molar-refractivity contribution in [2.45, 2.75) is 32.4 Å². The van der Waals surface area contributed by atoms with Gasteiger partial charge in [-0.2, -0.15) is 13.2 Å². The summed E-state index contributed by atoms with van der Waals surface area (Å²) in [5.41, 5.74) is 4.98. The zero-order valence-corrected chi connectivity index (χ0v) is 18.3. The second kappa shape index (κ2) is 9.40. The normalized spacial score (nSPS) is 19.0. The van der Waals surface area contributed by atoms with Gasteiger partial charge in [-0.1, -0.05) is 11.6 Å². The van der Waals surface area contributed by atoms with Crippen LogP contribution in [0.15, 0.2) is 42.5 Å². The first-order valence-electron chi connectivity index (χ1n) is 10.1. The minimum atomic E-state index is -4.47. The number of hydrogen-bond donors (Lipinski definition) is 1. The van der Waals surface area contributed by atoms with Gasteiger partial charge in [0.1, 0.15) is 5.75 Å². The summed E-state index contributed by atoms with van der Waals surface area (Å²) in [4.78, 5) is 26.3. The van der Waals surface area contributed by atoms with E-state index >= 15 is 0 Å². The minimum Gasteiger partial charge on any atom is -0.493 e. The first-order chi connectivity index (χ1) is 15.0. The van der Waals surface area contributed by atoms with Crippen molar-refractivity contribution in [3.8, 4) is 5.75 Å². The van der Waals surface area contributed by atoms with Crippen molar-refractivity contribution in [1.82, 2.24) is 4.90 Å². The number of carbonyl (C=O) groups excluding carboxylic acids is 2. The predicted octanol–water partition coefficient (Wildman–Crippen LogP) is 4.84. The maximum Gasteiger partial charge on any atom is 0.416 e.